The molecule has 0 bridgehead atoms. The lowest BCUT2D eigenvalue weighted by Crippen LogP contribution is -2.04. The summed E-state index contributed by atoms with van der Waals surface area (Å²) in [5, 5.41) is 7.14. The molecule has 1 rings (SSSR count). The highest BCUT2D eigenvalue weighted by Crippen LogP contribution is 1.98. The smallest absolute Gasteiger partial charge is 0.360 e. The van der Waals surface area contributed by atoms with E-state index in [1.165, 1.54) is 9.09 Å². The average molecular weight is 267 g/mol. The van der Waals surface area contributed by atoms with Crippen LogP contribution in [0.4, 0.5) is 0 Å². The summed E-state index contributed by atoms with van der Waals surface area (Å²) < 4.78 is 6.10. The van der Waals surface area contributed by atoms with Crippen LogP contribution in [0.1, 0.15) is 17.4 Å². The molecule has 5 nitrogen and oxygen atoms in total. The Hall–Kier alpha value is -0.660. The van der Waals surface area contributed by atoms with E-state index in [0.29, 0.717) is 6.61 Å². The molecule has 0 amide bonds. The molecule has 6 heteroatoms. The summed E-state index contributed by atoms with van der Waals surface area (Å²) in [5.41, 5.74) is 0.237. The van der Waals surface area contributed by atoms with Gasteiger partial charge in [-0.3, -0.25) is 0 Å². The minimum absolute atomic E-state index is 0.237. The predicted molar refractivity (Wildman–Crippen MR) is 45.4 cm³/mol. The fourth-order valence-electron chi connectivity index (χ4n) is 0.542. The highest BCUT2D eigenvalue weighted by Gasteiger charge is 2.09. The van der Waals surface area contributed by atoms with E-state index < -0.39 is 5.97 Å². The molecule has 0 N–H and O–H groups in total. The second-order valence-corrected chi connectivity index (χ2v) is 2.70. The van der Waals surface area contributed by atoms with Crippen molar-refractivity contribution in [2.45, 2.75) is 6.92 Å². The molecule has 1 aromatic heterocycles. The molecule has 0 unspecified atom stereocenters. The van der Waals surface area contributed by atoms with Crippen LogP contribution in [-0.4, -0.2) is 25.8 Å². The van der Waals surface area contributed by atoms with E-state index in [0.717, 1.165) is 0 Å². The zero-order chi connectivity index (χ0) is 8.27. The quantitative estimate of drug-likeness (QED) is 0.583. The first-order valence-electron chi connectivity index (χ1n) is 2.99. The van der Waals surface area contributed by atoms with Crippen LogP contribution < -0.4 is 0 Å². The number of rotatable bonds is 2. The molecular formula is C5H6IN3O2. The van der Waals surface area contributed by atoms with Gasteiger partial charge in [0.15, 0.2) is 5.69 Å². The first-order chi connectivity index (χ1) is 5.24. The maximum absolute atomic E-state index is 10.9. The maximum Gasteiger partial charge on any atom is 0.360 e. The molecule has 0 saturated heterocycles. The van der Waals surface area contributed by atoms with Gasteiger partial charge in [-0.05, 0) is 6.92 Å². The van der Waals surface area contributed by atoms with Crippen molar-refractivity contribution in [1.82, 2.24) is 13.2 Å². The fraction of sp³-hybridized carbons (Fsp3) is 0.400. The molecular weight excluding hydrogens is 261 g/mol. The number of ether oxygens (including phenoxy) is 1. The highest BCUT2D eigenvalue weighted by molar-refractivity contribution is 14.1. The zero-order valence-electron chi connectivity index (χ0n) is 5.82. The van der Waals surface area contributed by atoms with Gasteiger partial charge in [-0.15, -0.1) is 5.10 Å². The van der Waals surface area contributed by atoms with Crippen LogP contribution in [0.3, 0.4) is 0 Å². The van der Waals surface area contributed by atoms with Crippen LogP contribution in [0.25, 0.3) is 0 Å². The number of carbonyl (C=O) groups excluding carboxylic acids is 1. The summed E-state index contributed by atoms with van der Waals surface area (Å²) in [6, 6.07) is 0. The largest absolute Gasteiger partial charge is 0.461 e. The van der Waals surface area contributed by atoms with E-state index in [1.807, 2.05) is 22.9 Å². The minimum Gasteiger partial charge on any atom is -0.461 e. The molecule has 0 aliphatic rings. The molecule has 60 valence electrons. The Bertz CT molecular complexity index is 260. The monoisotopic (exact) mass is 267 g/mol. The third kappa shape index (κ3) is 2.14. The maximum atomic E-state index is 10.9. The van der Waals surface area contributed by atoms with Crippen LogP contribution in [0, 0.1) is 0 Å². The molecule has 0 aliphatic carbocycles. The normalized spacial score (nSPS) is 9.64. The van der Waals surface area contributed by atoms with Crippen molar-refractivity contribution in [2.24, 2.45) is 0 Å². The minimum atomic E-state index is -0.435. The van der Waals surface area contributed by atoms with Gasteiger partial charge in [0.2, 0.25) is 0 Å². The Morgan fingerprint density at radius 3 is 3.09 bits per heavy atom. The van der Waals surface area contributed by atoms with Crippen LogP contribution >= 0.6 is 22.9 Å². The Labute approximate surface area is 77.2 Å². The van der Waals surface area contributed by atoms with E-state index in [1.54, 1.807) is 6.92 Å². The van der Waals surface area contributed by atoms with E-state index in [-0.39, 0.29) is 5.69 Å². The Kier molecular flexibility index (Phi) is 2.80. The first kappa shape index (κ1) is 8.44. The van der Waals surface area contributed by atoms with Crippen molar-refractivity contribution in [3.63, 3.8) is 0 Å². The van der Waals surface area contributed by atoms with Gasteiger partial charge in [0.05, 0.1) is 35.7 Å². The van der Waals surface area contributed by atoms with Gasteiger partial charge in [-0.1, -0.05) is 5.21 Å². The van der Waals surface area contributed by atoms with Crippen molar-refractivity contribution >= 4 is 28.8 Å². The number of hydrogen-bond acceptors (Lipinski definition) is 4. The molecule has 1 heterocycles. The summed E-state index contributed by atoms with van der Waals surface area (Å²) in [6.45, 7) is 2.10. The molecule has 1 aromatic rings. The van der Waals surface area contributed by atoms with Crippen molar-refractivity contribution in [1.29, 1.82) is 0 Å². The molecule has 0 aliphatic heterocycles. The Morgan fingerprint density at radius 1 is 1.91 bits per heavy atom. The molecule has 0 aromatic carbocycles. The number of aromatic nitrogens is 3. The van der Waals surface area contributed by atoms with Gasteiger partial charge >= 0.3 is 5.97 Å². The number of carbonyl (C=O) groups is 1. The van der Waals surface area contributed by atoms with Crippen LogP contribution in [0.15, 0.2) is 6.20 Å². The summed E-state index contributed by atoms with van der Waals surface area (Å²) in [4.78, 5) is 10.9. The van der Waals surface area contributed by atoms with E-state index >= 15 is 0 Å². The zero-order valence-corrected chi connectivity index (χ0v) is 7.98. The van der Waals surface area contributed by atoms with Gasteiger partial charge in [0.1, 0.15) is 0 Å². The summed E-state index contributed by atoms with van der Waals surface area (Å²) >= 11 is 1.90. The van der Waals surface area contributed by atoms with E-state index in [4.69, 9.17) is 0 Å². The van der Waals surface area contributed by atoms with Crippen LogP contribution in [-0.2, 0) is 4.74 Å². The number of esters is 1. The lowest BCUT2D eigenvalue weighted by atomic mass is 10.5. The van der Waals surface area contributed by atoms with E-state index in [2.05, 4.69) is 15.0 Å². The molecule has 11 heavy (non-hydrogen) atoms. The average Bonchev–Trinajstić information content (AvgIpc) is 2.36. The third-order valence-corrected chi connectivity index (χ3v) is 1.42. The topological polar surface area (TPSA) is 57.0 Å². The third-order valence-electron chi connectivity index (χ3n) is 0.951. The van der Waals surface area contributed by atoms with Crippen molar-refractivity contribution in [3.8, 4) is 0 Å². The van der Waals surface area contributed by atoms with Gasteiger partial charge in [-0.2, -0.15) is 2.90 Å². The van der Waals surface area contributed by atoms with Gasteiger partial charge < -0.3 is 4.74 Å². The van der Waals surface area contributed by atoms with Crippen molar-refractivity contribution in [3.05, 3.63) is 11.9 Å². The second kappa shape index (κ2) is 3.65. The van der Waals surface area contributed by atoms with Gasteiger partial charge in [0, 0.05) is 0 Å². The molecule has 0 radical (unpaired) electrons. The van der Waals surface area contributed by atoms with E-state index in [9.17, 15) is 4.79 Å². The molecule has 0 saturated carbocycles. The summed E-state index contributed by atoms with van der Waals surface area (Å²) in [7, 11) is 0. The Morgan fingerprint density at radius 2 is 2.64 bits per heavy atom. The molecule has 0 fully saturated rings. The second-order valence-electron chi connectivity index (χ2n) is 1.71. The molecule has 0 spiro atoms. The standard InChI is InChI=1S/C5H6IN3O2/c1-2-11-5(10)4-3-9(6)8-7-4/h3H,2H2,1H3. The number of nitrogens with zero attached hydrogens (tertiary/aromatic N) is 3. The first-order valence-corrected chi connectivity index (χ1v) is 3.96. The highest BCUT2D eigenvalue weighted by atomic mass is 127. The number of halogens is 1. The SMILES string of the molecule is CCOC(=O)c1cn(I)nn1. The van der Waals surface area contributed by atoms with Gasteiger partial charge in [0.25, 0.3) is 0 Å². The van der Waals surface area contributed by atoms with Crippen molar-refractivity contribution < 1.29 is 9.53 Å². The molecule has 0 atom stereocenters. The van der Waals surface area contributed by atoms with Gasteiger partial charge in [-0.25, -0.2) is 4.79 Å². The van der Waals surface area contributed by atoms with Crippen LogP contribution in [0.5, 0.6) is 0 Å². The fourth-order valence-corrected chi connectivity index (χ4v) is 0.902. The Balaban J connectivity index is 2.69. The summed E-state index contributed by atoms with van der Waals surface area (Å²) in [6.07, 6.45) is 1.50. The van der Waals surface area contributed by atoms with Crippen molar-refractivity contribution in [2.75, 3.05) is 6.61 Å². The van der Waals surface area contributed by atoms with Crippen LogP contribution in [0.2, 0.25) is 0 Å². The summed E-state index contributed by atoms with van der Waals surface area (Å²) in [5.74, 6) is -0.435. The predicted octanol–water partition coefficient (Wildman–Crippen LogP) is 0.653. The number of hydrogen-bond donors (Lipinski definition) is 0. The lowest BCUT2D eigenvalue weighted by Gasteiger charge is -1.94. The lowest BCUT2D eigenvalue weighted by molar-refractivity contribution is 0.0519.